The van der Waals surface area contributed by atoms with Crippen LogP contribution in [-0.2, 0) is 0 Å². The van der Waals surface area contributed by atoms with E-state index in [1.165, 1.54) is 5.56 Å². The molecule has 2 rings (SSSR count). The predicted octanol–water partition coefficient (Wildman–Crippen LogP) is 3.40. The summed E-state index contributed by atoms with van der Waals surface area (Å²) in [6, 6.07) is 6.04. The lowest BCUT2D eigenvalue weighted by molar-refractivity contribution is 0.457. The number of H-pyrrole nitrogens is 1. The van der Waals surface area contributed by atoms with Crippen LogP contribution in [0.4, 0.5) is 0 Å². The van der Waals surface area contributed by atoms with Crippen LogP contribution < -0.4 is 0 Å². The zero-order valence-corrected chi connectivity index (χ0v) is 10.7. The zero-order chi connectivity index (χ0) is 12.6. The van der Waals surface area contributed by atoms with Gasteiger partial charge in [0, 0.05) is 17.1 Å². The van der Waals surface area contributed by atoms with Crippen LogP contribution in [0.3, 0.4) is 0 Å². The Hall–Kier alpha value is -1.77. The van der Waals surface area contributed by atoms with Gasteiger partial charge in [0.25, 0.3) is 0 Å². The molecule has 0 aliphatic carbocycles. The first kappa shape index (κ1) is 11.7. The summed E-state index contributed by atoms with van der Waals surface area (Å²) >= 11 is 0. The van der Waals surface area contributed by atoms with E-state index < -0.39 is 0 Å². The molecule has 1 aromatic carbocycles. The van der Waals surface area contributed by atoms with E-state index >= 15 is 0 Å². The lowest BCUT2D eigenvalue weighted by atomic mass is 10.1. The molecule has 0 aliphatic heterocycles. The van der Waals surface area contributed by atoms with Gasteiger partial charge in [-0.25, -0.2) is 0 Å². The fourth-order valence-corrected chi connectivity index (χ4v) is 1.70. The Kier molecular flexibility index (Phi) is 2.69. The highest BCUT2D eigenvalue weighted by Crippen LogP contribution is 2.26. The van der Waals surface area contributed by atoms with Crippen LogP contribution in [0.25, 0.3) is 10.9 Å². The molecule has 3 nitrogen and oxygen atoms in total. The van der Waals surface area contributed by atoms with E-state index in [2.05, 4.69) is 16.0 Å². The Bertz CT molecular complexity index is 574. The minimum absolute atomic E-state index is 0.139. The Labute approximate surface area is 101 Å². The Morgan fingerprint density at radius 1 is 1.29 bits per heavy atom. The first-order chi connectivity index (χ1) is 7.87. The summed E-state index contributed by atoms with van der Waals surface area (Å²) in [6.07, 6.45) is 1.74. The molecule has 0 bridgehead atoms. The van der Waals surface area contributed by atoms with E-state index in [0.717, 1.165) is 16.5 Å². The fraction of sp³-hybridized carbons (Fsp3) is 0.357. The summed E-state index contributed by atoms with van der Waals surface area (Å²) in [5.74, 6) is 0.179. The van der Waals surface area contributed by atoms with Gasteiger partial charge in [-0.05, 0) is 39.8 Å². The number of rotatable bonds is 1. The third kappa shape index (κ3) is 2.49. The number of aromatic nitrogens is 1. The maximum atomic E-state index is 9.88. The molecular formula is C14H18N2O. The van der Waals surface area contributed by atoms with Crippen molar-refractivity contribution in [3.8, 4) is 5.88 Å². The maximum Gasteiger partial charge on any atom is 0.198 e. The number of aryl methyl sites for hydroxylation is 1. The summed E-state index contributed by atoms with van der Waals surface area (Å²) in [5, 5.41) is 10.9. The normalized spacial score (nSPS) is 12.7. The van der Waals surface area contributed by atoms with Crippen molar-refractivity contribution in [2.24, 2.45) is 4.99 Å². The summed E-state index contributed by atoms with van der Waals surface area (Å²) in [5.41, 5.74) is 2.73. The minimum Gasteiger partial charge on any atom is -0.494 e. The van der Waals surface area contributed by atoms with Crippen molar-refractivity contribution >= 4 is 17.1 Å². The molecule has 90 valence electrons. The molecule has 0 radical (unpaired) electrons. The molecule has 17 heavy (non-hydrogen) atoms. The van der Waals surface area contributed by atoms with Crippen LogP contribution in [-0.4, -0.2) is 21.8 Å². The molecule has 0 saturated heterocycles. The molecule has 0 spiro atoms. The number of nitrogens with zero attached hydrogens (tertiary/aromatic N) is 1. The van der Waals surface area contributed by atoms with Crippen molar-refractivity contribution < 1.29 is 5.11 Å². The number of aliphatic imine (C=N–C) groups is 1. The first-order valence-electron chi connectivity index (χ1n) is 5.73. The molecule has 0 amide bonds. The molecule has 1 aromatic heterocycles. The molecule has 0 saturated carbocycles. The number of aromatic amines is 1. The van der Waals surface area contributed by atoms with Crippen molar-refractivity contribution in [2.75, 3.05) is 0 Å². The van der Waals surface area contributed by atoms with Crippen molar-refractivity contribution in [2.45, 2.75) is 33.2 Å². The molecule has 0 atom stereocenters. The van der Waals surface area contributed by atoms with Gasteiger partial charge in [-0.1, -0.05) is 11.6 Å². The second kappa shape index (κ2) is 3.91. The zero-order valence-electron chi connectivity index (χ0n) is 10.7. The van der Waals surface area contributed by atoms with Crippen LogP contribution >= 0.6 is 0 Å². The highest BCUT2D eigenvalue weighted by molar-refractivity contribution is 6.02. The van der Waals surface area contributed by atoms with E-state index in [0.29, 0.717) is 0 Å². The van der Waals surface area contributed by atoms with Gasteiger partial charge in [-0.3, -0.25) is 4.99 Å². The van der Waals surface area contributed by atoms with Crippen molar-refractivity contribution in [1.82, 2.24) is 4.98 Å². The van der Waals surface area contributed by atoms with Gasteiger partial charge in [-0.2, -0.15) is 0 Å². The van der Waals surface area contributed by atoms with Crippen LogP contribution in [0.2, 0.25) is 0 Å². The van der Waals surface area contributed by atoms with Crippen LogP contribution in [0.1, 0.15) is 31.9 Å². The largest absolute Gasteiger partial charge is 0.494 e. The highest BCUT2D eigenvalue weighted by Gasteiger charge is 2.11. The van der Waals surface area contributed by atoms with Gasteiger partial charge in [0.2, 0.25) is 0 Å². The van der Waals surface area contributed by atoms with Crippen molar-refractivity contribution in [3.05, 3.63) is 29.3 Å². The van der Waals surface area contributed by atoms with E-state index in [9.17, 15) is 5.11 Å². The SMILES string of the molecule is Cc1ccc2[nH]c(O)c(C=NC(C)(C)C)c2c1. The van der Waals surface area contributed by atoms with E-state index in [4.69, 9.17) is 0 Å². The molecule has 1 heterocycles. The van der Waals surface area contributed by atoms with Crippen LogP contribution in [0, 0.1) is 6.92 Å². The number of hydrogen-bond acceptors (Lipinski definition) is 2. The monoisotopic (exact) mass is 230 g/mol. The number of aromatic hydroxyl groups is 1. The Balaban J connectivity index is 2.56. The topological polar surface area (TPSA) is 48.4 Å². The third-order valence-electron chi connectivity index (χ3n) is 2.55. The van der Waals surface area contributed by atoms with Gasteiger partial charge in [0.1, 0.15) is 0 Å². The van der Waals surface area contributed by atoms with Gasteiger partial charge in [-0.15, -0.1) is 0 Å². The Morgan fingerprint density at radius 3 is 2.65 bits per heavy atom. The number of fused-ring (bicyclic) bond motifs is 1. The van der Waals surface area contributed by atoms with Gasteiger partial charge in [0.15, 0.2) is 5.88 Å². The van der Waals surface area contributed by atoms with E-state index in [1.54, 1.807) is 6.21 Å². The summed E-state index contributed by atoms with van der Waals surface area (Å²) in [4.78, 5) is 7.39. The second-order valence-electron chi connectivity index (χ2n) is 5.37. The molecule has 2 aromatic rings. The summed E-state index contributed by atoms with van der Waals surface area (Å²) in [7, 11) is 0. The molecule has 3 heteroatoms. The predicted molar refractivity (Wildman–Crippen MR) is 72.0 cm³/mol. The lowest BCUT2D eigenvalue weighted by Gasteiger charge is -2.10. The average molecular weight is 230 g/mol. The molecule has 2 N–H and O–H groups in total. The fourth-order valence-electron chi connectivity index (χ4n) is 1.70. The Morgan fingerprint density at radius 2 is 2.00 bits per heavy atom. The maximum absolute atomic E-state index is 9.88. The van der Waals surface area contributed by atoms with E-state index in [1.807, 2.05) is 39.8 Å². The van der Waals surface area contributed by atoms with Crippen LogP contribution in [0.15, 0.2) is 23.2 Å². The van der Waals surface area contributed by atoms with Crippen LogP contribution in [0.5, 0.6) is 5.88 Å². The van der Waals surface area contributed by atoms with Gasteiger partial charge < -0.3 is 10.1 Å². The first-order valence-corrected chi connectivity index (χ1v) is 5.73. The number of nitrogens with one attached hydrogen (secondary N) is 1. The quantitative estimate of drug-likeness (QED) is 0.725. The summed E-state index contributed by atoms with van der Waals surface area (Å²) < 4.78 is 0. The van der Waals surface area contributed by atoms with E-state index in [-0.39, 0.29) is 11.4 Å². The summed E-state index contributed by atoms with van der Waals surface area (Å²) in [6.45, 7) is 8.12. The minimum atomic E-state index is -0.139. The smallest absolute Gasteiger partial charge is 0.198 e. The number of hydrogen-bond donors (Lipinski definition) is 2. The third-order valence-corrected chi connectivity index (χ3v) is 2.55. The van der Waals surface area contributed by atoms with Gasteiger partial charge >= 0.3 is 0 Å². The van der Waals surface area contributed by atoms with Crippen molar-refractivity contribution in [3.63, 3.8) is 0 Å². The average Bonchev–Trinajstić information content (AvgIpc) is 2.49. The molecular weight excluding hydrogens is 212 g/mol. The standard InChI is InChI=1S/C14H18N2O/c1-9-5-6-12-10(7-9)11(13(17)16-12)8-15-14(2,3)4/h5-8,16-17H,1-4H3. The molecule has 0 aliphatic rings. The lowest BCUT2D eigenvalue weighted by Crippen LogP contribution is -2.09. The van der Waals surface area contributed by atoms with Crippen molar-refractivity contribution in [1.29, 1.82) is 0 Å². The molecule has 0 unspecified atom stereocenters. The number of benzene rings is 1. The van der Waals surface area contributed by atoms with Gasteiger partial charge in [0.05, 0.1) is 11.1 Å². The second-order valence-corrected chi connectivity index (χ2v) is 5.37. The highest BCUT2D eigenvalue weighted by atomic mass is 16.3. The molecule has 0 fully saturated rings.